The topological polar surface area (TPSA) is 69.2 Å². The quantitative estimate of drug-likeness (QED) is 0.875. The third kappa shape index (κ3) is 1.97. The summed E-state index contributed by atoms with van der Waals surface area (Å²) in [5, 5.41) is 18.3. The summed E-state index contributed by atoms with van der Waals surface area (Å²) in [5.74, 6) is 0.833. The van der Waals surface area contributed by atoms with Crippen molar-refractivity contribution in [1.29, 1.82) is 0 Å². The van der Waals surface area contributed by atoms with Gasteiger partial charge in [-0.05, 0) is 49.9 Å². The number of aliphatic hydroxyl groups is 1. The van der Waals surface area contributed by atoms with Crippen molar-refractivity contribution in [3.8, 4) is 0 Å². The van der Waals surface area contributed by atoms with Gasteiger partial charge in [0.25, 0.3) is 0 Å². The summed E-state index contributed by atoms with van der Waals surface area (Å²) >= 11 is 0. The molecule has 4 fully saturated rings. The van der Waals surface area contributed by atoms with Gasteiger partial charge in [0.2, 0.25) is 5.91 Å². The van der Waals surface area contributed by atoms with E-state index in [1.54, 1.807) is 0 Å². The number of aromatic nitrogens is 2. The molecule has 2 heterocycles. The van der Waals surface area contributed by atoms with E-state index in [0.717, 1.165) is 50.6 Å². The first-order chi connectivity index (χ1) is 11.4. The van der Waals surface area contributed by atoms with Crippen LogP contribution in [0.2, 0.25) is 0 Å². The van der Waals surface area contributed by atoms with Crippen LogP contribution < -0.4 is 0 Å². The van der Waals surface area contributed by atoms with Crippen LogP contribution in [0.1, 0.15) is 63.1 Å². The fraction of sp³-hybridized carbons (Fsp3) is 0.789. The Morgan fingerprint density at radius 2 is 2.25 bits per heavy atom. The molecule has 4 aliphatic carbocycles. The van der Waals surface area contributed by atoms with Gasteiger partial charge in [-0.25, -0.2) is 0 Å². The zero-order valence-corrected chi connectivity index (χ0v) is 14.5. The Kier molecular flexibility index (Phi) is 2.88. The number of nitrogens with zero attached hydrogens (tertiary/aromatic N) is 2. The van der Waals surface area contributed by atoms with Crippen LogP contribution in [0.5, 0.6) is 0 Å². The van der Waals surface area contributed by atoms with Crippen molar-refractivity contribution in [3.05, 3.63) is 17.5 Å². The predicted octanol–water partition coefficient (Wildman–Crippen LogP) is 2.41. The molecule has 4 atom stereocenters. The average Bonchev–Trinajstić information content (AvgIpc) is 2.99. The number of aromatic amines is 1. The SMILES string of the molecule is CCC12CC3CC(O)(C1)CC(C(=O)N1CCc4[nH]ncc4C1)(C3)C2. The molecule has 4 bridgehead atoms. The van der Waals surface area contributed by atoms with Gasteiger partial charge in [0.15, 0.2) is 0 Å². The molecule has 4 unspecified atom stereocenters. The molecule has 5 aliphatic rings. The molecule has 0 radical (unpaired) electrons. The molecule has 6 rings (SSSR count). The maximum Gasteiger partial charge on any atom is 0.229 e. The Morgan fingerprint density at radius 1 is 1.38 bits per heavy atom. The first-order valence-corrected chi connectivity index (χ1v) is 9.48. The summed E-state index contributed by atoms with van der Waals surface area (Å²) in [6, 6.07) is 0. The van der Waals surface area contributed by atoms with Gasteiger partial charge in [-0.2, -0.15) is 5.10 Å². The number of carbonyl (C=O) groups is 1. The lowest BCUT2D eigenvalue weighted by Gasteiger charge is -2.65. The fourth-order valence-electron chi connectivity index (χ4n) is 6.95. The maximum atomic E-state index is 13.6. The van der Waals surface area contributed by atoms with Crippen LogP contribution in [-0.4, -0.2) is 38.3 Å². The molecule has 0 spiro atoms. The average molecular weight is 329 g/mol. The van der Waals surface area contributed by atoms with E-state index in [1.807, 2.05) is 11.1 Å². The van der Waals surface area contributed by atoms with Gasteiger partial charge >= 0.3 is 0 Å². The van der Waals surface area contributed by atoms with Crippen LogP contribution >= 0.6 is 0 Å². The number of hydrogen-bond acceptors (Lipinski definition) is 3. The Morgan fingerprint density at radius 3 is 3.04 bits per heavy atom. The van der Waals surface area contributed by atoms with Crippen LogP contribution in [0.4, 0.5) is 0 Å². The van der Waals surface area contributed by atoms with Gasteiger partial charge in [-0.1, -0.05) is 13.3 Å². The summed E-state index contributed by atoms with van der Waals surface area (Å²) < 4.78 is 0. The molecule has 1 aliphatic heterocycles. The van der Waals surface area contributed by atoms with Crippen molar-refractivity contribution in [2.24, 2.45) is 16.7 Å². The Bertz CT molecular complexity index is 701. The number of amides is 1. The van der Waals surface area contributed by atoms with Gasteiger partial charge in [0.1, 0.15) is 0 Å². The minimum absolute atomic E-state index is 0.195. The molecule has 4 saturated carbocycles. The molecule has 5 heteroatoms. The smallest absolute Gasteiger partial charge is 0.229 e. The first kappa shape index (κ1) is 14.9. The highest BCUT2D eigenvalue weighted by Crippen LogP contribution is 2.68. The van der Waals surface area contributed by atoms with E-state index in [-0.39, 0.29) is 10.8 Å². The van der Waals surface area contributed by atoms with Gasteiger partial charge in [-0.3, -0.25) is 9.89 Å². The zero-order chi connectivity index (χ0) is 16.6. The number of H-pyrrole nitrogens is 1. The second-order valence-electron chi connectivity index (χ2n) is 9.22. The number of rotatable bonds is 2. The lowest BCUT2D eigenvalue weighted by atomic mass is 9.42. The van der Waals surface area contributed by atoms with Gasteiger partial charge in [0, 0.05) is 30.8 Å². The van der Waals surface area contributed by atoms with E-state index < -0.39 is 5.60 Å². The highest BCUT2D eigenvalue weighted by Gasteiger charge is 2.65. The molecule has 1 aromatic rings. The molecule has 0 saturated heterocycles. The van der Waals surface area contributed by atoms with Gasteiger partial charge in [-0.15, -0.1) is 0 Å². The van der Waals surface area contributed by atoms with Crippen molar-refractivity contribution in [1.82, 2.24) is 15.1 Å². The molecule has 2 N–H and O–H groups in total. The maximum absolute atomic E-state index is 13.6. The molecule has 1 aromatic heterocycles. The second kappa shape index (κ2) is 4.63. The van der Waals surface area contributed by atoms with Crippen molar-refractivity contribution in [2.75, 3.05) is 6.54 Å². The number of carbonyl (C=O) groups excluding carboxylic acids is 1. The van der Waals surface area contributed by atoms with Gasteiger partial charge < -0.3 is 10.0 Å². The van der Waals surface area contributed by atoms with E-state index in [9.17, 15) is 9.90 Å². The predicted molar refractivity (Wildman–Crippen MR) is 89.0 cm³/mol. The largest absolute Gasteiger partial charge is 0.390 e. The Labute approximate surface area is 142 Å². The highest BCUT2D eigenvalue weighted by molar-refractivity contribution is 5.84. The van der Waals surface area contributed by atoms with E-state index in [1.165, 1.54) is 12.1 Å². The summed E-state index contributed by atoms with van der Waals surface area (Å²) in [5.41, 5.74) is 1.62. The van der Waals surface area contributed by atoms with Crippen molar-refractivity contribution in [3.63, 3.8) is 0 Å². The molecule has 24 heavy (non-hydrogen) atoms. The van der Waals surface area contributed by atoms with Crippen molar-refractivity contribution in [2.45, 2.75) is 70.4 Å². The highest BCUT2D eigenvalue weighted by atomic mass is 16.3. The molecule has 0 aromatic carbocycles. The number of hydrogen-bond donors (Lipinski definition) is 2. The second-order valence-corrected chi connectivity index (χ2v) is 9.22. The molecule has 130 valence electrons. The van der Waals surface area contributed by atoms with Crippen LogP contribution in [0.15, 0.2) is 6.20 Å². The summed E-state index contributed by atoms with van der Waals surface area (Å²) in [6.07, 6.45) is 9.52. The van der Waals surface area contributed by atoms with Crippen LogP contribution in [0.25, 0.3) is 0 Å². The monoisotopic (exact) mass is 329 g/mol. The summed E-state index contributed by atoms with van der Waals surface area (Å²) in [4.78, 5) is 15.6. The van der Waals surface area contributed by atoms with Crippen molar-refractivity contribution >= 4 is 5.91 Å². The van der Waals surface area contributed by atoms with E-state index in [0.29, 0.717) is 24.8 Å². The van der Waals surface area contributed by atoms with Crippen LogP contribution in [0, 0.1) is 16.7 Å². The van der Waals surface area contributed by atoms with E-state index >= 15 is 0 Å². The standard InChI is InChI=1S/C19H27N3O2/c1-2-17-5-13-6-18(10-17,12-19(24,7-13)11-17)16(23)22-4-3-15-14(9-22)8-20-21-15/h8,13,24H,2-7,9-12H2,1H3,(H,20,21). The molecular weight excluding hydrogens is 302 g/mol. The molecule has 5 nitrogen and oxygen atoms in total. The van der Waals surface area contributed by atoms with Crippen LogP contribution in [-0.2, 0) is 17.8 Å². The number of nitrogens with one attached hydrogen (secondary N) is 1. The third-order valence-electron chi connectivity index (χ3n) is 7.45. The first-order valence-electron chi connectivity index (χ1n) is 9.48. The summed E-state index contributed by atoms with van der Waals surface area (Å²) in [7, 11) is 0. The normalized spacial score (nSPS) is 43.1. The fourth-order valence-corrected chi connectivity index (χ4v) is 6.95. The Hall–Kier alpha value is -1.36. The van der Waals surface area contributed by atoms with Crippen LogP contribution in [0.3, 0.4) is 0 Å². The minimum atomic E-state index is -0.596. The van der Waals surface area contributed by atoms with E-state index in [2.05, 4.69) is 17.1 Å². The van der Waals surface area contributed by atoms with Gasteiger partial charge in [0.05, 0.1) is 17.2 Å². The Balaban J connectivity index is 1.47. The third-order valence-corrected chi connectivity index (χ3v) is 7.45. The number of fused-ring (bicyclic) bond motifs is 1. The van der Waals surface area contributed by atoms with Crippen molar-refractivity contribution < 1.29 is 9.90 Å². The van der Waals surface area contributed by atoms with E-state index in [4.69, 9.17) is 0 Å². The molecule has 1 amide bonds. The minimum Gasteiger partial charge on any atom is -0.390 e. The molecular formula is C19H27N3O2. The lowest BCUT2D eigenvalue weighted by Crippen LogP contribution is -2.64. The zero-order valence-electron chi connectivity index (χ0n) is 14.5. The lowest BCUT2D eigenvalue weighted by molar-refractivity contribution is -0.210. The summed E-state index contributed by atoms with van der Waals surface area (Å²) in [6.45, 7) is 3.69.